The summed E-state index contributed by atoms with van der Waals surface area (Å²) in [5, 5.41) is 14.4. The predicted molar refractivity (Wildman–Crippen MR) is 88.1 cm³/mol. The van der Waals surface area contributed by atoms with Gasteiger partial charge in [-0.15, -0.1) is 5.10 Å². The third-order valence-electron chi connectivity index (χ3n) is 3.20. The van der Waals surface area contributed by atoms with Crippen molar-refractivity contribution >= 4 is 11.8 Å². The van der Waals surface area contributed by atoms with Crippen LogP contribution in [0.5, 0.6) is 5.75 Å². The second-order valence-electron chi connectivity index (χ2n) is 5.48. The molecule has 1 aromatic heterocycles. The van der Waals surface area contributed by atoms with Crippen molar-refractivity contribution in [3.05, 3.63) is 36.0 Å². The molecule has 0 atom stereocenters. The van der Waals surface area contributed by atoms with E-state index in [-0.39, 0.29) is 0 Å². The molecule has 118 valence electrons. The Kier molecular flexibility index (Phi) is 5.94. The number of rotatable bonds is 8. The number of ether oxygens (including phenoxy) is 1. The van der Waals surface area contributed by atoms with E-state index in [1.54, 1.807) is 13.3 Å². The highest BCUT2D eigenvalue weighted by atomic mass is 16.5. The molecule has 0 aliphatic carbocycles. The van der Waals surface area contributed by atoms with Crippen molar-refractivity contribution in [1.82, 2.24) is 15.2 Å². The van der Waals surface area contributed by atoms with E-state index in [0.29, 0.717) is 18.4 Å². The SMILES string of the molecule is COc1ccc(CNc2nncc(NCCC(C)C)n2)cc1. The van der Waals surface area contributed by atoms with Crippen LogP contribution in [0.1, 0.15) is 25.8 Å². The lowest BCUT2D eigenvalue weighted by molar-refractivity contribution is 0.414. The highest BCUT2D eigenvalue weighted by molar-refractivity contribution is 5.37. The zero-order valence-electron chi connectivity index (χ0n) is 13.3. The summed E-state index contributed by atoms with van der Waals surface area (Å²) in [7, 11) is 1.66. The number of aromatic nitrogens is 3. The molecule has 0 saturated carbocycles. The molecule has 2 rings (SSSR count). The van der Waals surface area contributed by atoms with Crippen molar-refractivity contribution in [2.75, 3.05) is 24.3 Å². The van der Waals surface area contributed by atoms with E-state index < -0.39 is 0 Å². The van der Waals surface area contributed by atoms with Crippen LogP contribution in [0.25, 0.3) is 0 Å². The molecule has 0 aliphatic rings. The Hall–Kier alpha value is -2.37. The fourth-order valence-corrected chi connectivity index (χ4v) is 1.88. The van der Waals surface area contributed by atoms with Crippen molar-refractivity contribution in [2.24, 2.45) is 5.92 Å². The van der Waals surface area contributed by atoms with E-state index in [4.69, 9.17) is 4.74 Å². The van der Waals surface area contributed by atoms with E-state index in [2.05, 4.69) is 39.7 Å². The summed E-state index contributed by atoms with van der Waals surface area (Å²) >= 11 is 0. The van der Waals surface area contributed by atoms with E-state index in [9.17, 15) is 0 Å². The average molecular weight is 301 g/mol. The van der Waals surface area contributed by atoms with Crippen LogP contribution in [0.2, 0.25) is 0 Å². The maximum Gasteiger partial charge on any atom is 0.244 e. The Morgan fingerprint density at radius 2 is 1.91 bits per heavy atom. The minimum Gasteiger partial charge on any atom is -0.497 e. The zero-order chi connectivity index (χ0) is 15.8. The summed E-state index contributed by atoms with van der Waals surface area (Å²) in [6.07, 6.45) is 2.73. The van der Waals surface area contributed by atoms with Gasteiger partial charge >= 0.3 is 0 Å². The van der Waals surface area contributed by atoms with Crippen LogP contribution in [0.4, 0.5) is 11.8 Å². The van der Waals surface area contributed by atoms with Crippen LogP contribution in [0.15, 0.2) is 30.5 Å². The van der Waals surface area contributed by atoms with Crippen LogP contribution >= 0.6 is 0 Å². The van der Waals surface area contributed by atoms with Crippen LogP contribution in [-0.4, -0.2) is 28.8 Å². The largest absolute Gasteiger partial charge is 0.497 e. The Morgan fingerprint density at radius 1 is 1.14 bits per heavy atom. The highest BCUT2D eigenvalue weighted by Crippen LogP contribution is 2.12. The second-order valence-corrected chi connectivity index (χ2v) is 5.48. The lowest BCUT2D eigenvalue weighted by atomic mass is 10.1. The monoisotopic (exact) mass is 301 g/mol. The Bertz CT molecular complexity index is 571. The zero-order valence-corrected chi connectivity index (χ0v) is 13.3. The maximum atomic E-state index is 5.14. The third-order valence-corrected chi connectivity index (χ3v) is 3.20. The fraction of sp³-hybridized carbons (Fsp3) is 0.438. The molecule has 0 aliphatic heterocycles. The summed E-state index contributed by atoms with van der Waals surface area (Å²) in [4.78, 5) is 4.40. The summed E-state index contributed by atoms with van der Waals surface area (Å²) < 4.78 is 5.14. The second kappa shape index (κ2) is 8.17. The first-order chi connectivity index (χ1) is 10.7. The van der Waals surface area contributed by atoms with Gasteiger partial charge in [0, 0.05) is 13.1 Å². The summed E-state index contributed by atoms with van der Waals surface area (Å²) in [5.74, 6) is 2.77. The molecule has 0 saturated heterocycles. The van der Waals surface area contributed by atoms with Gasteiger partial charge in [0.1, 0.15) is 11.6 Å². The first-order valence-corrected chi connectivity index (χ1v) is 7.48. The van der Waals surface area contributed by atoms with Crippen molar-refractivity contribution in [2.45, 2.75) is 26.8 Å². The fourth-order valence-electron chi connectivity index (χ4n) is 1.88. The van der Waals surface area contributed by atoms with Gasteiger partial charge in [0.2, 0.25) is 5.95 Å². The van der Waals surface area contributed by atoms with Gasteiger partial charge in [-0.3, -0.25) is 0 Å². The number of methoxy groups -OCH3 is 1. The minimum absolute atomic E-state index is 0.519. The minimum atomic E-state index is 0.519. The number of benzene rings is 1. The van der Waals surface area contributed by atoms with Gasteiger partial charge < -0.3 is 15.4 Å². The van der Waals surface area contributed by atoms with Gasteiger partial charge in [-0.05, 0) is 30.0 Å². The Morgan fingerprint density at radius 3 is 2.59 bits per heavy atom. The molecule has 1 aromatic carbocycles. The molecule has 2 aromatic rings. The standard InChI is InChI=1S/C16H23N5O/c1-12(2)8-9-17-15-11-19-21-16(20-15)18-10-13-4-6-14(22-3)7-5-13/h4-7,11-12H,8-10H2,1-3H3,(H2,17,18,20,21). The van der Waals surface area contributed by atoms with Gasteiger partial charge in [0.05, 0.1) is 13.3 Å². The molecular formula is C16H23N5O. The molecule has 0 spiro atoms. The Balaban J connectivity index is 1.86. The molecule has 0 radical (unpaired) electrons. The van der Waals surface area contributed by atoms with Gasteiger partial charge in [0.25, 0.3) is 0 Å². The van der Waals surface area contributed by atoms with Crippen molar-refractivity contribution in [3.8, 4) is 5.75 Å². The molecule has 6 nitrogen and oxygen atoms in total. The van der Waals surface area contributed by atoms with Crippen molar-refractivity contribution in [3.63, 3.8) is 0 Å². The van der Waals surface area contributed by atoms with Crippen molar-refractivity contribution < 1.29 is 4.74 Å². The number of nitrogens with zero attached hydrogens (tertiary/aromatic N) is 3. The summed E-state index contributed by atoms with van der Waals surface area (Å²) in [5.41, 5.74) is 1.13. The molecule has 6 heteroatoms. The summed E-state index contributed by atoms with van der Waals surface area (Å²) in [6, 6.07) is 7.87. The van der Waals surface area contributed by atoms with Crippen LogP contribution in [0.3, 0.4) is 0 Å². The molecule has 0 fully saturated rings. The van der Waals surface area contributed by atoms with E-state index in [0.717, 1.165) is 30.1 Å². The predicted octanol–water partition coefficient (Wildman–Crippen LogP) is 2.95. The average Bonchev–Trinajstić information content (AvgIpc) is 2.53. The molecule has 0 bridgehead atoms. The smallest absolute Gasteiger partial charge is 0.244 e. The molecule has 0 unspecified atom stereocenters. The number of hydrogen-bond donors (Lipinski definition) is 2. The number of nitrogens with one attached hydrogen (secondary N) is 2. The quantitative estimate of drug-likeness (QED) is 0.781. The molecule has 22 heavy (non-hydrogen) atoms. The number of anilines is 2. The van der Waals surface area contributed by atoms with Gasteiger partial charge in [-0.25, -0.2) is 0 Å². The molecule has 0 amide bonds. The summed E-state index contributed by atoms with van der Waals surface area (Å²) in [6.45, 7) is 5.92. The molecule has 1 heterocycles. The van der Waals surface area contributed by atoms with Crippen LogP contribution in [-0.2, 0) is 6.54 Å². The van der Waals surface area contributed by atoms with E-state index in [1.807, 2.05) is 24.3 Å². The first kappa shape index (κ1) is 16.0. The van der Waals surface area contributed by atoms with Gasteiger partial charge in [0.15, 0.2) is 0 Å². The van der Waals surface area contributed by atoms with Crippen LogP contribution < -0.4 is 15.4 Å². The Labute approximate surface area is 131 Å². The van der Waals surface area contributed by atoms with Crippen LogP contribution in [0, 0.1) is 5.92 Å². The van der Waals surface area contributed by atoms with Crippen molar-refractivity contribution in [1.29, 1.82) is 0 Å². The maximum absolute atomic E-state index is 5.14. The molecule has 2 N–H and O–H groups in total. The lowest BCUT2D eigenvalue weighted by Crippen LogP contribution is -2.10. The van der Waals surface area contributed by atoms with Gasteiger partial charge in [-0.1, -0.05) is 26.0 Å². The first-order valence-electron chi connectivity index (χ1n) is 7.48. The highest BCUT2D eigenvalue weighted by Gasteiger charge is 2.01. The van der Waals surface area contributed by atoms with Gasteiger partial charge in [-0.2, -0.15) is 10.1 Å². The lowest BCUT2D eigenvalue weighted by Gasteiger charge is -2.09. The normalized spacial score (nSPS) is 10.5. The van der Waals surface area contributed by atoms with E-state index >= 15 is 0 Å². The topological polar surface area (TPSA) is 72.0 Å². The third kappa shape index (κ3) is 5.20. The number of hydrogen-bond acceptors (Lipinski definition) is 6. The molecular weight excluding hydrogens is 278 g/mol. The van der Waals surface area contributed by atoms with E-state index in [1.165, 1.54) is 0 Å².